The maximum absolute atomic E-state index is 13.1. The Labute approximate surface area is 199 Å². The maximum atomic E-state index is 13.1. The SMILES string of the molecule is CCOCCOc1ccccc1C(=O)NC(=S)Nc1ccccc1C(=O)N1CCN(C)CC1. The summed E-state index contributed by atoms with van der Waals surface area (Å²) in [6, 6.07) is 14.1. The molecule has 1 saturated heterocycles. The molecule has 33 heavy (non-hydrogen) atoms. The van der Waals surface area contributed by atoms with Gasteiger partial charge in [0, 0.05) is 32.8 Å². The van der Waals surface area contributed by atoms with E-state index >= 15 is 0 Å². The van der Waals surface area contributed by atoms with Gasteiger partial charge in [0.25, 0.3) is 11.8 Å². The van der Waals surface area contributed by atoms with Gasteiger partial charge in [0.15, 0.2) is 5.11 Å². The minimum absolute atomic E-state index is 0.0617. The Bertz CT molecular complexity index is 976. The van der Waals surface area contributed by atoms with Gasteiger partial charge in [-0.1, -0.05) is 24.3 Å². The number of carbonyl (C=O) groups excluding carboxylic acids is 2. The third-order valence-electron chi connectivity index (χ3n) is 5.24. The van der Waals surface area contributed by atoms with E-state index in [1.165, 1.54) is 0 Å². The predicted octanol–water partition coefficient (Wildman–Crippen LogP) is 2.62. The number of anilines is 1. The fourth-order valence-corrected chi connectivity index (χ4v) is 3.62. The van der Waals surface area contributed by atoms with Gasteiger partial charge in [-0.3, -0.25) is 14.9 Å². The number of hydrogen-bond donors (Lipinski definition) is 2. The molecule has 0 aliphatic carbocycles. The third kappa shape index (κ3) is 6.98. The normalized spacial score (nSPS) is 13.9. The van der Waals surface area contributed by atoms with Gasteiger partial charge in [0.05, 0.1) is 23.4 Å². The summed E-state index contributed by atoms with van der Waals surface area (Å²) in [5.74, 6) is -0.0149. The molecule has 8 nitrogen and oxygen atoms in total. The summed E-state index contributed by atoms with van der Waals surface area (Å²) in [6.45, 7) is 6.29. The highest BCUT2D eigenvalue weighted by molar-refractivity contribution is 7.80. The third-order valence-corrected chi connectivity index (χ3v) is 5.45. The number of amides is 2. The van der Waals surface area contributed by atoms with E-state index in [-0.39, 0.29) is 11.0 Å². The summed E-state index contributed by atoms with van der Waals surface area (Å²) in [4.78, 5) is 29.9. The molecule has 1 fully saturated rings. The molecule has 2 aromatic rings. The van der Waals surface area contributed by atoms with Gasteiger partial charge in [-0.15, -0.1) is 0 Å². The van der Waals surface area contributed by atoms with E-state index in [1.807, 2.05) is 31.0 Å². The zero-order valence-electron chi connectivity index (χ0n) is 19.0. The molecule has 1 aliphatic rings. The van der Waals surface area contributed by atoms with Crippen molar-refractivity contribution >= 4 is 34.8 Å². The van der Waals surface area contributed by atoms with Crippen LogP contribution < -0.4 is 15.4 Å². The van der Waals surface area contributed by atoms with E-state index in [0.29, 0.717) is 55.5 Å². The molecule has 0 bridgehead atoms. The summed E-state index contributed by atoms with van der Waals surface area (Å²) in [5.41, 5.74) is 1.42. The maximum Gasteiger partial charge on any atom is 0.261 e. The lowest BCUT2D eigenvalue weighted by molar-refractivity contribution is 0.0665. The van der Waals surface area contributed by atoms with Crippen LogP contribution in [-0.4, -0.2) is 79.8 Å². The molecule has 3 rings (SSSR count). The van der Waals surface area contributed by atoms with Gasteiger partial charge in [0.2, 0.25) is 0 Å². The van der Waals surface area contributed by atoms with Crippen molar-refractivity contribution in [1.82, 2.24) is 15.1 Å². The predicted molar refractivity (Wildman–Crippen MR) is 132 cm³/mol. The van der Waals surface area contributed by atoms with Crippen LogP contribution in [0.2, 0.25) is 0 Å². The second-order valence-electron chi connectivity index (χ2n) is 7.59. The molecular formula is C24H30N4O4S. The van der Waals surface area contributed by atoms with Crippen LogP contribution in [0.4, 0.5) is 5.69 Å². The zero-order chi connectivity index (χ0) is 23.6. The van der Waals surface area contributed by atoms with Gasteiger partial charge >= 0.3 is 0 Å². The quantitative estimate of drug-likeness (QED) is 0.453. The van der Waals surface area contributed by atoms with Crippen molar-refractivity contribution in [3.05, 3.63) is 59.7 Å². The van der Waals surface area contributed by atoms with Crippen LogP contribution in [0.3, 0.4) is 0 Å². The zero-order valence-corrected chi connectivity index (χ0v) is 19.8. The van der Waals surface area contributed by atoms with Crippen LogP contribution in [0.1, 0.15) is 27.6 Å². The smallest absolute Gasteiger partial charge is 0.261 e. The molecule has 0 atom stereocenters. The number of nitrogens with one attached hydrogen (secondary N) is 2. The summed E-state index contributed by atoms with van der Waals surface area (Å²) in [5, 5.41) is 5.78. The first-order chi connectivity index (χ1) is 16.0. The number of thiocarbonyl (C=S) groups is 1. The van der Waals surface area contributed by atoms with Gasteiger partial charge < -0.3 is 24.6 Å². The number of carbonyl (C=O) groups is 2. The number of likely N-dealkylation sites (N-methyl/N-ethyl adjacent to an activating group) is 1. The Morgan fingerprint density at radius 3 is 2.36 bits per heavy atom. The lowest BCUT2D eigenvalue weighted by atomic mass is 10.1. The molecule has 2 aromatic carbocycles. The number of para-hydroxylation sites is 2. The van der Waals surface area contributed by atoms with E-state index in [4.69, 9.17) is 21.7 Å². The fraction of sp³-hybridized carbons (Fsp3) is 0.375. The molecule has 176 valence electrons. The van der Waals surface area contributed by atoms with Gasteiger partial charge in [0.1, 0.15) is 12.4 Å². The largest absolute Gasteiger partial charge is 0.490 e. The molecule has 9 heteroatoms. The molecule has 0 saturated carbocycles. The molecule has 2 amide bonds. The van der Waals surface area contributed by atoms with E-state index in [1.54, 1.807) is 36.4 Å². The lowest BCUT2D eigenvalue weighted by Crippen LogP contribution is -2.47. The van der Waals surface area contributed by atoms with Crippen molar-refractivity contribution in [3.63, 3.8) is 0 Å². The highest BCUT2D eigenvalue weighted by atomic mass is 32.1. The minimum atomic E-state index is -0.401. The lowest BCUT2D eigenvalue weighted by Gasteiger charge is -2.32. The Kier molecular flexibility index (Phi) is 9.17. The highest BCUT2D eigenvalue weighted by Gasteiger charge is 2.23. The number of nitrogens with zero attached hydrogens (tertiary/aromatic N) is 2. The first-order valence-corrected chi connectivity index (χ1v) is 11.4. The van der Waals surface area contributed by atoms with Crippen molar-refractivity contribution < 1.29 is 19.1 Å². The van der Waals surface area contributed by atoms with E-state index in [0.717, 1.165) is 13.1 Å². The molecule has 1 heterocycles. The van der Waals surface area contributed by atoms with E-state index < -0.39 is 5.91 Å². The van der Waals surface area contributed by atoms with Crippen LogP contribution in [0.25, 0.3) is 0 Å². The topological polar surface area (TPSA) is 83.1 Å². The number of rotatable bonds is 8. The number of hydrogen-bond acceptors (Lipinski definition) is 6. The molecule has 2 N–H and O–H groups in total. The van der Waals surface area contributed by atoms with Crippen LogP contribution in [0.15, 0.2) is 48.5 Å². The van der Waals surface area contributed by atoms with Crippen LogP contribution >= 0.6 is 12.2 Å². The fourth-order valence-electron chi connectivity index (χ4n) is 3.42. The summed E-state index contributed by atoms with van der Waals surface area (Å²) < 4.78 is 11.0. The minimum Gasteiger partial charge on any atom is -0.490 e. The van der Waals surface area contributed by atoms with Crippen LogP contribution in [0.5, 0.6) is 5.75 Å². The summed E-state index contributed by atoms with van der Waals surface area (Å²) in [6.07, 6.45) is 0. The van der Waals surface area contributed by atoms with E-state index in [2.05, 4.69) is 15.5 Å². The summed E-state index contributed by atoms with van der Waals surface area (Å²) >= 11 is 5.36. The second kappa shape index (κ2) is 12.3. The van der Waals surface area contributed by atoms with Crippen molar-refractivity contribution in [1.29, 1.82) is 0 Å². The van der Waals surface area contributed by atoms with Crippen molar-refractivity contribution in [2.75, 3.05) is 58.4 Å². The average molecular weight is 471 g/mol. The molecule has 0 radical (unpaired) electrons. The number of benzene rings is 2. The van der Waals surface area contributed by atoms with E-state index in [9.17, 15) is 9.59 Å². The Hall–Kier alpha value is -3.01. The van der Waals surface area contributed by atoms with Gasteiger partial charge in [-0.2, -0.15) is 0 Å². The number of ether oxygens (including phenoxy) is 2. The molecule has 1 aliphatic heterocycles. The summed E-state index contributed by atoms with van der Waals surface area (Å²) in [7, 11) is 2.04. The Balaban J connectivity index is 1.64. The molecular weight excluding hydrogens is 440 g/mol. The molecule has 0 aromatic heterocycles. The highest BCUT2D eigenvalue weighted by Crippen LogP contribution is 2.20. The van der Waals surface area contributed by atoms with Crippen molar-refractivity contribution in [2.45, 2.75) is 6.92 Å². The standard InChI is InChI=1S/C24H30N4O4S/c1-3-31-16-17-32-21-11-7-5-9-19(21)22(29)26-24(33)25-20-10-6-4-8-18(20)23(30)28-14-12-27(2)13-15-28/h4-11H,3,12-17H2,1-2H3,(H2,25,26,29,33). The van der Waals surface area contributed by atoms with Gasteiger partial charge in [-0.05, 0) is 50.5 Å². The molecule has 0 spiro atoms. The first-order valence-electron chi connectivity index (χ1n) is 11.0. The Morgan fingerprint density at radius 1 is 0.970 bits per heavy atom. The van der Waals surface area contributed by atoms with Crippen LogP contribution in [0, 0.1) is 0 Å². The van der Waals surface area contributed by atoms with Crippen molar-refractivity contribution in [3.8, 4) is 5.75 Å². The van der Waals surface area contributed by atoms with Gasteiger partial charge in [-0.25, -0.2) is 0 Å². The Morgan fingerprint density at radius 2 is 1.64 bits per heavy atom. The monoisotopic (exact) mass is 470 g/mol. The van der Waals surface area contributed by atoms with Crippen LogP contribution in [-0.2, 0) is 4.74 Å². The second-order valence-corrected chi connectivity index (χ2v) is 8.00. The number of piperazine rings is 1. The van der Waals surface area contributed by atoms with Crippen molar-refractivity contribution in [2.24, 2.45) is 0 Å². The molecule has 0 unspecified atom stereocenters. The first kappa shape index (κ1) is 24.6. The average Bonchev–Trinajstić information content (AvgIpc) is 2.82.